The van der Waals surface area contributed by atoms with E-state index < -0.39 is 4.92 Å². The monoisotopic (exact) mass is 509 g/mol. The van der Waals surface area contributed by atoms with Crippen molar-refractivity contribution in [2.24, 2.45) is 4.99 Å². The first-order valence-corrected chi connectivity index (χ1v) is 11.1. The Labute approximate surface area is 196 Å². The van der Waals surface area contributed by atoms with Crippen molar-refractivity contribution >= 4 is 56.2 Å². The molecule has 0 atom stereocenters. The highest BCUT2D eigenvalue weighted by Gasteiger charge is 2.24. The summed E-state index contributed by atoms with van der Waals surface area (Å²) in [6.45, 7) is 0.418. The number of amides is 1. The molecule has 0 saturated carbocycles. The number of nitro groups is 1. The lowest BCUT2D eigenvalue weighted by Crippen LogP contribution is -2.19. The van der Waals surface area contributed by atoms with Crippen LogP contribution in [-0.2, 0) is 11.4 Å². The molecule has 32 heavy (non-hydrogen) atoms. The van der Waals surface area contributed by atoms with Gasteiger partial charge in [-0.25, -0.2) is 4.99 Å². The van der Waals surface area contributed by atoms with E-state index in [0.717, 1.165) is 11.1 Å². The second-order valence-corrected chi connectivity index (χ2v) is 8.57. The zero-order valence-electron chi connectivity index (χ0n) is 16.5. The summed E-state index contributed by atoms with van der Waals surface area (Å²) in [7, 11) is 0. The number of hydrogen-bond donors (Lipinski definition) is 1. The Morgan fingerprint density at radius 3 is 2.59 bits per heavy atom. The number of carbonyl (C=O) groups is 1. The van der Waals surface area contributed by atoms with Crippen molar-refractivity contribution in [3.63, 3.8) is 0 Å². The number of ether oxygens (including phenoxy) is 1. The third kappa shape index (κ3) is 5.24. The van der Waals surface area contributed by atoms with Crippen molar-refractivity contribution in [3.05, 3.63) is 103 Å². The Hall–Kier alpha value is -3.43. The van der Waals surface area contributed by atoms with Crippen molar-refractivity contribution in [1.29, 1.82) is 0 Å². The Morgan fingerprint density at radius 2 is 1.84 bits per heavy atom. The molecule has 160 valence electrons. The summed E-state index contributed by atoms with van der Waals surface area (Å²) in [5.74, 6) is 0.394. The standard InChI is InChI=1S/C23H16BrN3O4S/c24-18-13-17(27(29)30)10-11-19(18)25-23-26-22(28)21(32-23)12-16-8-4-5-9-20(16)31-14-15-6-2-1-3-7-15/h1-13H,14H2,(H,25,26,28)/b21-12+. The van der Waals surface area contributed by atoms with E-state index in [4.69, 9.17) is 4.74 Å². The molecule has 7 nitrogen and oxygen atoms in total. The highest BCUT2D eigenvalue weighted by molar-refractivity contribution is 9.10. The highest BCUT2D eigenvalue weighted by atomic mass is 79.9. The molecule has 0 aromatic heterocycles. The van der Waals surface area contributed by atoms with Gasteiger partial charge in [-0.15, -0.1) is 0 Å². The van der Waals surface area contributed by atoms with Crippen molar-refractivity contribution in [1.82, 2.24) is 5.32 Å². The van der Waals surface area contributed by atoms with Gasteiger partial charge in [-0.3, -0.25) is 14.9 Å². The minimum atomic E-state index is -0.480. The summed E-state index contributed by atoms with van der Waals surface area (Å²) in [5, 5.41) is 14.0. The van der Waals surface area contributed by atoms with E-state index >= 15 is 0 Å². The average molecular weight is 510 g/mol. The van der Waals surface area contributed by atoms with Gasteiger partial charge in [0.1, 0.15) is 12.4 Å². The highest BCUT2D eigenvalue weighted by Crippen LogP contribution is 2.34. The van der Waals surface area contributed by atoms with Crippen molar-refractivity contribution < 1.29 is 14.5 Å². The largest absolute Gasteiger partial charge is 0.488 e. The number of nitro benzene ring substituents is 1. The van der Waals surface area contributed by atoms with Gasteiger partial charge in [0.2, 0.25) is 0 Å². The number of hydrogen-bond acceptors (Lipinski definition) is 6. The summed E-state index contributed by atoms with van der Waals surface area (Å²) in [5.41, 5.74) is 2.26. The Balaban J connectivity index is 1.53. The molecule has 0 bridgehead atoms. The van der Waals surface area contributed by atoms with Crippen molar-refractivity contribution in [2.45, 2.75) is 6.61 Å². The van der Waals surface area contributed by atoms with Crippen LogP contribution < -0.4 is 10.1 Å². The Bertz CT molecular complexity index is 1240. The second-order valence-electron chi connectivity index (χ2n) is 6.69. The van der Waals surface area contributed by atoms with E-state index in [9.17, 15) is 14.9 Å². The number of thioether (sulfide) groups is 1. The van der Waals surface area contributed by atoms with Crippen molar-refractivity contribution in [3.8, 4) is 5.75 Å². The van der Waals surface area contributed by atoms with Gasteiger partial charge in [0.15, 0.2) is 5.17 Å². The fraction of sp³-hybridized carbons (Fsp3) is 0.0435. The zero-order chi connectivity index (χ0) is 22.5. The van der Waals surface area contributed by atoms with E-state index in [2.05, 4.69) is 26.2 Å². The van der Waals surface area contributed by atoms with Crippen LogP contribution in [0.1, 0.15) is 11.1 Å². The number of aliphatic imine (C=N–C) groups is 1. The van der Waals surface area contributed by atoms with Gasteiger partial charge in [0.05, 0.1) is 20.0 Å². The first-order valence-electron chi connectivity index (χ1n) is 9.49. The lowest BCUT2D eigenvalue weighted by atomic mass is 10.2. The number of halogens is 1. The molecular formula is C23H16BrN3O4S. The maximum absolute atomic E-state index is 12.5. The lowest BCUT2D eigenvalue weighted by molar-refractivity contribution is -0.384. The number of benzene rings is 3. The number of non-ortho nitro benzene ring substituents is 1. The molecule has 1 aliphatic rings. The molecule has 0 spiro atoms. The van der Waals surface area contributed by atoms with Gasteiger partial charge in [-0.05, 0) is 51.5 Å². The lowest BCUT2D eigenvalue weighted by Gasteiger charge is -2.09. The smallest absolute Gasteiger partial charge is 0.270 e. The van der Waals surface area contributed by atoms with Gasteiger partial charge in [-0.2, -0.15) is 0 Å². The SMILES string of the molecule is O=C1NC(=Nc2ccc([N+](=O)[O-])cc2Br)S/C1=C/c1ccccc1OCc1ccccc1. The fourth-order valence-corrected chi connectivity index (χ4v) is 4.18. The van der Waals surface area contributed by atoms with Crippen LogP contribution in [0.3, 0.4) is 0 Å². The Kier molecular flexibility index (Phi) is 6.67. The average Bonchev–Trinajstić information content (AvgIpc) is 3.13. The third-order valence-corrected chi connectivity index (χ3v) is 6.00. The minimum absolute atomic E-state index is 0.0448. The van der Waals surface area contributed by atoms with Crippen LogP contribution in [0.15, 0.2) is 87.2 Å². The molecule has 1 fully saturated rings. The molecule has 0 unspecified atom stereocenters. The van der Waals surface area contributed by atoms with Crippen molar-refractivity contribution in [2.75, 3.05) is 0 Å². The number of nitrogens with one attached hydrogen (secondary N) is 1. The molecule has 1 saturated heterocycles. The van der Waals surface area contributed by atoms with E-state index in [-0.39, 0.29) is 11.6 Å². The van der Waals surface area contributed by atoms with E-state index in [0.29, 0.717) is 32.6 Å². The quantitative estimate of drug-likeness (QED) is 0.256. The van der Waals surface area contributed by atoms with Crippen LogP contribution in [0.4, 0.5) is 11.4 Å². The summed E-state index contributed by atoms with van der Waals surface area (Å²) in [6.07, 6.45) is 1.76. The van der Waals surface area contributed by atoms with Crippen LogP contribution in [0.25, 0.3) is 6.08 Å². The van der Waals surface area contributed by atoms with Gasteiger partial charge < -0.3 is 10.1 Å². The van der Waals surface area contributed by atoms with Gasteiger partial charge in [0.25, 0.3) is 11.6 Å². The Morgan fingerprint density at radius 1 is 1.09 bits per heavy atom. The molecular weight excluding hydrogens is 494 g/mol. The molecule has 0 aliphatic carbocycles. The molecule has 4 rings (SSSR count). The molecule has 1 heterocycles. The zero-order valence-corrected chi connectivity index (χ0v) is 18.9. The normalized spacial score (nSPS) is 15.7. The predicted molar refractivity (Wildman–Crippen MR) is 129 cm³/mol. The number of rotatable bonds is 6. The first kappa shape index (κ1) is 21.8. The molecule has 3 aromatic carbocycles. The summed E-state index contributed by atoms with van der Waals surface area (Å²) in [6, 6.07) is 21.6. The molecule has 9 heteroatoms. The second kappa shape index (κ2) is 9.80. The van der Waals surface area contributed by atoms with Crippen LogP contribution in [0.2, 0.25) is 0 Å². The maximum Gasteiger partial charge on any atom is 0.270 e. The summed E-state index contributed by atoms with van der Waals surface area (Å²) in [4.78, 5) is 27.8. The van der Waals surface area contributed by atoms with Crippen LogP contribution in [0.5, 0.6) is 5.75 Å². The van der Waals surface area contributed by atoms with Gasteiger partial charge >= 0.3 is 0 Å². The van der Waals surface area contributed by atoms with Crippen LogP contribution in [-0.4, -0.2) is 16.0 Å². The number of nitrogens with zero attached hydrogens (tertiary/aromatic N) is 2. The maximum atomic E-state index is 12.5. The van der Waals surface area contributed by atoms with Gasteiger partial charge in [0, 0.05) is 17.7 Å². The fourth-order valence-electron chi connectivity index (χ4n) is 2.90. The first-order chi connectivity index (χ1) is 15.5. The number of carbonyl (C=O) groups excluding carboxylic acids is 1. The third-order valence-electron chi connectivity index (χ3n) is 4.46. The molecule has 1 aliphatic heterocycles. The van der Waals surface area contributed by atoms with Crippen LogP contribution >= 0.6 is 27.7 Å². The molecule has 3 aromatic rings. The van der Waals surface area contributed by atoms with E-state index in [1.807, 2.05) is 54.6 Å². The van der Waals surface area contributed by atoms with Gasteiger partial charge in [-0.1, -0.05) is 48.5 Å². The summed E-state index contributed by atoms with van der Waals surface area (Å²) >= 11 is 4.48. The molecule has 1 N–H and O–H groups in total. The number of amidine groups is 1. The van der Waals surface area contributed by atoms with Crippen LogP contribution in [0, 0.1) is 10.1 Å². The minimum Gasteiger partial charge on any atom is -0.488 e. The topological polar surface area (TPSA) is 93.8 Å². The van der Waals surface area contributed by atoms with E-state index in [1.165, 1.54) is 30.0 Å². The predicted octanol–water partition coefficient (Wildman–Crippen LogP) is 5.83. The summed E-state index contributed by atoms with van der Waals surface area (Å²) < 4.78 is 6.42. The van der Waals surface area contributed by atoms with E-state index in [1.54, 1.807) is 6.08 Å². The molecule has 0 radical (unpaired) electrons. The molecule has 1 amide bonds. The number of para-hydroxylation sites is 1.